The Morgan fingerprint density at radius 1 is 1.04 bits per heavy atom. The van der Waals surface area contributed by atoms with Crippen molar-refractivity contribution in [2.45, 2.75) is 6.29 Å². The van der Waals surface area contributed by atoms with Crippen LogP contribution in [0.3, 0.4) is 0 Å². The molecule has 0 aliphatic carbocycles. The maximum Gasteiger partial charge on any atom is 0.586 e. The molecule has 0 atom stereocenters. The summed E-state index contributed by atoms with van der Waals surface area (Å²) >= 11 is 0. The Balaban J connectivity index is 1.61. The van der Waals surface area contributed by atoms with E-state index in [0.29, 0.717) is 16.6 Å². The van der Waals surface area contributed by atoms with Crippen molar-refractivity contribution in [2.24, 2.45) is 0 Å². The van der Waals surface area contributed by atoms with Gasteiger partial charge in [0.15, 0.2) is 17.3 Å². The van der Waals surface area contributed by atoms with Gasteiger partial charge in [-0.2, -0.15) is 0 Å². The fourth-order valence-electron chi connectivity index (χ4n) is 3.18. The fraction of sp³-hybridized carbons (Fsp3) is 0.0500. The van der Waals surface area contributed by atoms with Crippen LogP contribution in [0.15, 0.2) is 61.2 Å². The predicted molar refractivity (Wildman–Crippen MR) is 95.4 cm³/mol. The third kappa shape index (κ3) is 2.58. The first-order chi connectivity index (χ1) is 13.5. The molecule has 0 amide bonds. The minimum absolute atomic E-state index is 0.0117. The van der Waals surface area contributed by atoms with Gasteiger partial charge in [0, 0.05) is 46.9 Å². The summed E-state index contributed by atoms with van der Waals surface area (Å²) in [5, 5.41) is 0.564. The number of aromatic amines is 1. The van der Waals surface area contributed by atoms with E-state index in [9.17, 15) is 13.6 Å². The second-order valence-electron chi connectivity index (χ2n) is 6.19. The molecule has 0 spiro atoms. The first-order valence-corrected chi connectivity index (χ1v) is 8.33. The molecule has 3 aromatic heterocycles. The zero-order valence-electron chi connectivity index (χ0n) is 14.1. The van der Waals surface area contributed by atoms with Crippen molar-refractivity contribution in [3.05, 3.63) is 72.3 Å². The minimum Gasteiger partial charge on any atom is -0.395 e. The zero-order chi connectivity index (χ0) is 19.3. The molecule has 1 aliphatic heterocycles. The second-order valence-corrected chi connectivity index (χ2v) is 6.19. The summed E-state index contributed by atoms with van der Waals surface area (Å²) in [6, 6.07) is 9.69. The Labute approximate surface area is 156 Å². The molecule has 0 unspecified atom stereocenters. The number of halogens is 2. The molecule has 1 aliphatic rings. The Morgan fingerprint density at radius 2 is 1.93 bits per heavy atom. The largest absolute Gasteiger partial charge is 0.586 e. The first kappa shape index (κ1) is 16.4. The Morgan fingerprint density at radius 3 is 2.75 bits per heavy atom. The fourth-order valence-corrected chi connectivity index (χ4v) is 3.18. The molecule has 1 aromatic carbocycles. The van der Waals surface area contributed by atoms with Gasteiger partial charge in [0.25, 0.3) is 0 Å². The van der Waals surface area contributed by atoms with E-state index in [0.717, 1.165) is 11.1 Å². The first-order valence-electron chi connectivity index (χ1n) is 8.33. The van der Waals surface area contributed by atoms with Gasteiger partial charge >= 0.3 is 6.29 Å². The smallest absolute Gasteiger partial charge is 0.395 e. The Kier molecular flexibility index (Phi) is 3.42. The van der Waals surface area contributed by atoms with Gasteiger partial charge < -0.3 is 14.5 Å². The molecule has 0 bridgehead atoms. The molecule has 0 saturated carbocycles. The number of alkyl halides is 2. The average molecular weight is 379 g/mol. The quantitative estimate of drug-likeness (QED) is 0.541. The highest BCUT2D eigenvalue weighted by atomic mass is 19.3. The standard InChI is InChI=1S/C20H11F2N3O3/c21-20(22)27-16-5-1-4-13(18(16)28-20)17(26)15-10-25-19-14(15)7-12(9-24-19)11-3-2-6-23-8-11/h1-10H,(H,24,25). The van der Waals surface area contributed by atoms with Crippen LogP contribution in [-0.4, -0.2) is 27.0 Å². The molecule has 0 fully saturated rings. The number of para-hydroxylation sites is 1. The van der Waals surface area contributed by atoms with E-state index in [1.54, 1.807) is 30.7 Å². The van der Waals surface area contributed by atoms with Crippen LogP contribution < -0.4 is 9.47 Å². The van der Waals surface area contributed by atoms with Gasteiger partial charge in [0.1, 0.15) is 5.65 Å². The molecule has 138 valence electrons. The zero-order valence-corrected chi connectivity index (χ0v) is 14.1. The summed E-state index contributed by atoms with van der Waals surface area (Å²) in [6.07, 6.45) is 2.72. The van der Waals surface area contributed by atoms with E-state index < -0.39 is 12.1 Å². The van der Waals surface area contributed by atoms with E-state index in [-0.39, 0.29) is 17.1 Å². The summed E-state index contributed by atoms with van der Waals surface area (Å²) < 4.78 is 35.8. The van der Waals surface area contributed by atoms with Crippen molar-refractivity contribution in [1.29, 1.82) is 0 Å². The van der Waals surface area contributed by atoms with Gasteiger partial charge in [-0.05, 0) is 24.3 Å². The summed E-state index contributed by atoms with van der Waals surface area (Å²) in [7, 11) is 0. The number of ketones is 1. The number of H-pyrrole nitrogens is 1. The van der Waals surface area contributed by atoms with E-state index in [1.165, 1.54) is 24.4 Å². The SMILES string of the molecule is O=C(c1cccc2c1OC(F)(F)O2)c1c[nH]c2ncc(-c3cccnc3)cc12. The highest BCUT2D eigenvalue weighted by Gasteiger charge is 2.45. The molecule has 6 nitrogen and oxygen atoms in total. The topological polar surface area (TPSA) is 77.1 Å². The highest BCUT2D eigenvalue weighted by molar-refractivity contribution is 6.17. The van der Waals surface area contributed by atoms with Crippen LogP contribution >= 0.6 is 0 Å². The summed E-state index contributed by atoms with van der Waals surface area (Å²) in [4.78, 5) is 24.5. The molecule has 0 radical (unpaired) electrons. The summed E-state index contributed by atoms with van der Waals surface area (Å²) in [5.41, 5.74) is 2.40. The van der Waals surface area contributed by atoms with Gasteiger partial charge in [0.05, 0.1) is 5.56 Å². The normalized spacial score (nSPS) is 14.4. The van der Waals surface area contributed by atoms with Crippen molar-refractivity contribution in [2.75, 3.05) is 0 Å². The number of nitrogens with zero attached hydrogens (tertiary/aromatic N) is 2. The van der Waals surface area contributed by atoms with Crippen molar-refractivity contribution in [1.82, 2.24) is 15.0 Å². The van der Waals surface area contributed by atoms with Crippen molar-refractivity contribution in [3.63, 3.8) is 0 Å². The van der Waals surface area contributed by atoms with Crippen molar-refractivity contribution in [3.8, 4) is 22.6 Å². The number of hydrogen-bond donors (Lipinski definition) is 1. The number of ether oxygens (including phenoxy) is 2. The van der Waals surface area contributed by atoms with Gasteiger partial charge in [-0.3, -0.25) is 9.78 Å². The number of carbonyl (C=O) groups excluding carboxylic acids is 1. The Hall–Kier alpha value is -3.81. The van der Waals surface area contributed by atoms with Crippen LogP contribution in [0, 0.1) is 0 Å². The van der Waals surface area contributed by atoms with Crippen molar-refractivity contribution < 1.29 is 23.0 Å². The van der Waals surface area contributed by atoms with Crippen molar-refractivity contribution >= 4 is 16.8 Å². The van der Waals surface area contributed by atoms with Gasteiger partial charge in [-0.25, -0.2) is 4.98 Å². The molecule has 4 aromatic rings. The van der Waals surface area contributed by atoms with Crippen LogP contribution in [0.2, 0.25) is 0 Å². The molecular formula is C20H11F2N3O3. The molecule has 1 N–H and O–H groups in total. The number of carbonyl (C=O) groups is 1. The van der Waals surface area contributed by atoms with Crippen LogP contribution in [0.1, 0.15) is 15.9 Å². The third-order valence-corrected chi connectivity index (χ3v) is 4.44. The lowest BCUT2D eigenvalue weighted by molar-refractivity contribution is -0.286. The van der Waals surface area contributed by atoms with E-state index in [4.69, 9.17) is 0 Å². The van der Waals surface area contributed by atoms with E-state index in [1.807, 2.05) is 6.07 Å². The van der Waals surface area contributed by atoms with Crippen LogP contribution in [0.5, 0.6) is 11.5 Å². The molecule has 0 saturated heterocycles. The number of fused-ring (bicyclic) bond motifs is 2. The maximum atomic E-state index is 13.4. The third-order valence-electron chi connectivity index (χ3n) is 4.44. The Bertz CT molecular complexity index is 1220. The lowest BCUT2D eigenvalue weighted by atomic mass is 10.0. The number of nitrogens with one attached hydrogen (secondary N) is 1. The minimum atomic E-state index is -3.80. The lowest BCUT2D eigenvalue weighted by Crippen LogP contribution is -2.26. The predicted octanol–water partition coefficient (Wildman–Crippen LogP) is 4.18. The number of benzene rings is 1. The number of aromatic nitrogens is 3. The molecular weight excluding hydrogens is 368 g/mol. The lowest BCUT2D eigenvalue weighted by Gasteiger charge is -2.06. The summed E-state index contributed by atoms with van der Waals surface area (Å²) in [6.45, 7) is 0. The highest BCUT2D eigenvalue weighted by Crippen LogP contribution is 2.44. The maximum absolute atomic E-state index is 13.4. The van der Waals surface area contributed by atoms with Gasteiger partial charge in [-0.1, -0.05) is 12.1 Å². The molecule has 5 rings (SSSR count). The second kappa shape index (κ2) is 5.85. The number of pyridine rings is 2. The number of rotatable bonds is 3. The summed E-state index contributed by atoms with van der Waals surface area (Å²) in [5.74, 6) is -0.928. The monoisotopic (exact) mass is 379 g/mol. The van der Waals surface area contributed by atoms with Gasteiger partial charge in [0.2, 0.25) is 0 Å². The van der Waals surface area contributed by atoms with E-state index >= 15 is 0 Å². The van der Waals surface area contributed by atoms with Crippen LogP contribution in [-0.2, 0) is 0 Å². The number of hydrogen-bond acceptors (Lipinski definition) is 5. The van der Waals surface area contributed by atoms with Crippen LogP contribution in [0.4, 0.5) is 8.78 Å². The molecule has 28 heavy (non-hydrogen) atoms. The molecule has 4 heterocycles. The van der Waals surface area contributed by atoms with Gasteiger partial charge in [-0.15, -0.1) is 8.78 Å². The van der Waals surface area contributed by atoms with Crippen LogP contribution in [0.25, 0.3) is 22.2 Å². The average Bonchev–Trinajstić information content (AvgIpc) is 3.26. The van der Waals surface area contributed by atoms with E-state index in [2.05, 4.69) is 24.4 Å². The molecule has 8 heteroatoms.